The molecule has 0 saturated carbocycles. The molecule has 5 nitrogen and oxygen atoms in total. The zero-order chi connectivity index (χ0) is 12.8. The molecule has 0 radical (unpaired) electrons. The van der Waals surface area contributed by atoms with Crippen LogP contribution in [0.2, 0.25) is 0 Å². The van der Waals surface area contributed by atoms with Crippen molar-refractivity contribution in [2.75, 3.05) is 27.9 Å². The largest absolute Gasteiger partial charge is 0.493 e. The minimum atomic E-state index is -0.454. The first-order valence-corrected chi connectivity index (χ1v) is 5.15. The van der Waals surface area contributed by atoms with Crippen molar-refractivity contribution in [3.63, 3.8) is 0 Å². The minimum Gasteiger partial charge on any atom is -0.493 e. The summed E-state index contributed by atoms with van der Waals surface area (Å²) in [5, 5.41) is 0. The molecule has 0 spiro atoms. The Hall–Kier alpha value is -1.91. The Kier molecular flexibility index (Phi) is 4.63. The quantitative estimate of drug-likeness (QED) is 0.735. The van der Waals surface area contributed by atoms with Crippen LogP contribution in [-0.4, -0.2) is 33.9 Å². The average molecular weight is 240 g/mol. The van der Waals surface area contributed by atoms with Gasteiger partial charge in [-0.1, -0.05) is 0 Å². The Bertz CT molecular complexity index is 375. The molecule has 1 rings (SSSR count). The molecule has 0 amide bonds. The molecule has 1 aromatic carbocycles. The van der Waals surface area contributed by atoms with Crippen LogP contribution in [0.4, 0.5) is 0 Å². The number of methoxy groups -OCH3 is 3. The lowest BCUT2D eigenvalue weighted by Gasteiger charge is -2.14. The molecule has 0 fully saturated rings. The highest BCUT2D eigenvalue weighted by Gasteiger charge is 2.17. The maximum Gasteiger partial charge on any atom is 0.338 e. The first kappa shape index (κ1) is 13.2. The molecule has 0 aliphatic rings. The van der Waals surface area contributed by atoms with Crippen LogP contribution in [0.15, 0.2) is 12.1 Å². The van der Waals surface area contributed by atoms with E-state index in [9.17, 15) is 4.79 Å². The van der Waals surface area contributed by atoms with E-state index in [0.29, 0.717) is 29.4 Å². The molecule has 94 valence electrons. The molecule has 0 saturated heterocycles. The highest BCUT2D eigenvalue weighted by atomic mass is 16.5. The van der Waals surface area contributed by atoms with Gasteiger partial charge in [0.1, 0.15) is 0 Å². The van der Waals surface area contributed by atoms with Gasteiger partial charge in [-0.3, -0.25) is 0 Å². The standard InChI is InChI=1S/C12H16O5/c1-5-17-11-9(14-2)6-8(12(13)16-4)7-10(11)15-3/h6-7H,5H2,1-4H3. The van der Waals surface area contributed by atoms with Crippen molar-refractivity contribution in [1.82, 2.24) is 0 Å². The molecule has 0 aliphatic heterocycles. The van der Waals surface area contributed by atoms with Crippen LogP contribution in [0.1, 0.15) is 17.3 Å². The average Bonchev–Trinajstić information content (AvgIpc) is 2.38. The predicted octanol–water partition coefficient (Wildman–Crippen LogP) is 1.89. The molecular weight excluding hydrogens is 224 g/mol. The minimum absolute atomic E-state index is 0.352. The lowest BCUT2D eigenvalue weighted by Crippen LogP contribution is -2.05. The second-order valence-corrected chi connectivity index (χ2v) is 3.13. The molecule has 17 heavy (non-hydrogen) atoms. The number of hydrogen-bond acceptors (Lipinski definition) is 5. The van der Waals surface area contributed by atoms with E-state index < -0.39 is 5.97 Å². The van der Waals surface area contributed by atoms with Crippen molar-refractivity contribution >= 4 is 5.97 Å². The summed E-state index contributed by atoms with van der Waals surface area (Å²) in [7, 11) is 4.31. The van der Waals surface area contributed by atoms with Gasteiger partial charge in [-0.15, -0.1) is 0 Å². The van der Waals surface area contributed by atoms with Gasteiger partial charge in [0.2, 0.25) is 5.75 Å². The van der Waals surface area contributed by atoms with Crippen LogP contribution in [-0.2, 0) is 4.74 Å². The second kappa shape index (κ2) is 5.98. The summed E-state index contributed by atoms with van der Waals surface area (Å²) >= 11 is 0. The fourth-order valence-electron chi connectivity index (χ4n) is 1.40. The molecule has 0 aliphatic carbocycles. The van der Waals surface area contributed by atoms with Gasteiger partial charge < -0.3 is 18.9 Å². The first-order chi connectivity index (χ1) is 8.17. The Morgan fingerprint density at radius 1 is 1.12 bits per heavy atom. The molecule has 0 bridgehead atoms. The fourth-order valence-corrected chi connectivity index (χ4v) is 1.40. The highest BCUT2D eigenvalue weighted by molar-refractivity contribution is 5.91. The summed E-state index contributed by atoms with van der Waals surface area (Å²) in [6.07, 6.45) is 0. The third-order valence-electron chi connectivity index (χ3n) is 2.17. The number of hydrogen-bond donors (Lipinski definition) is 0. The van der Waals surface area contributed by atoms with Gasteiger partial charge in [-0.25, -0.2) is 4.79 Å². The number of benzene rings is 1. The van der Waals surface area contributed by atoms with Gasteiger partial charge in [-0.05, 0) is 19.1 Å². The third kappa shape index (κ3) is 2.81. The van der Waals surface area contributed by atoms with E-state index in [1.165, 1.54) is 21.3 Å². The zero-order valence-corrected chi connectivity index (χ0v) is 10.4. The summed E-state index contributed by atoms with van der Waals surface area (Å²) in [5.41, 5.74) is 0.352. The van der Waals surface area contributed by atoms with Crippen LogP contribution in [0, 0.1) is 0 Å². The van der Waals surface area contributed by atoms with E-state index in [1.54, 1.807) is 12.1 Å². The maximum atomic E-state index is 11.4. The Labute approximate surface area is 100 Å². The Morgan fingerprint density at radius 2 is 1.65 bits per heavy atom. The normalized spacial score (nSPS) is 9.65. The fraction of sp³-hybridized carbons (Fsp3) is 0.417. The maximum absolute atomic E-state index is 11.4. The smallest absolute Gasteiger partial charge is 0.338 e. The predicted molar refractivity (Wildman–Crippen MR) is 62.1 cm³/mol. The van der Waals surface area contributed by atoms with Crippen molar-refractivity contribution in [3.05, 3.63) is 17.7 Å². The zero-order valence-electron chi connectivity index (χ0n) is 10.4. The summed E-state index contributed by atoms with van der Waals surface area (Å²) in [6, 6.07) is 3.11. The topological polar surface area (TPSA) is 54.0 Å². The van der Waals surface area contributed by atoms with E-state index in [1.807, 2.05) is 6.92 Å². The van der Waals surface area contributed by atoms with E-state index >= 15 is 0 Å². The number of esters is 1. The van der Waals surface area contributed by atoms with Crippen LogP contribution in [0.5, 0.6) is 17.2 Å². The van der Waals surface area contributed by atoms with Gasteiger partial charge in [0.25, 0.3) is 0 Å². The SMILES string of the molecule is CCOc1c(OC)cc(C(=O)OC)cc1OC. The molecule has 1 aromatic rings. The monoisotopic (exact) mass is 240 g/mol. The number of ether oxygens (including phenoxy) is 4. The van der Waals surface area contributed by atoms with Crippen molar-refractivity contribution in [2.45, 2.75) is 6.92 Å². The van der Waals surface area contributed by atoms with Crippen molar-refractivity contribution in [1.29, 1.82) is 0 Å². The summed E-state index contributed by atoms with van der Waals surface area (Å²) in [4.78, 5) is 11.4. The first-order valence-electron chi connectivity index (χ1n) is 5.15. The summed E-state index contributed by atoms with van der Waals surface area (Å²) < 4.78 is 20.4. The van der Waals surface area contributed by atoms with Crippen molar-refractivity contribution in [2.24, 2.45) is 0 Å². The Balaban J connectivity index is 3.28. The third-order valence-corrected chi connectivity index (χ3v) is 2.17. The molecular formula is C12H16O5. The van der Waals surface area contributed by atoms with Gasteiger partial charge in [-0.2, -0.15) is 0 Å². The Morgan fingerprint density at radius 3 is 2.00 bits per heavy atom. The second-order valence-electron chi connectivity index (χ2n) is 3.13. The van der Waals surface area contributed by atoms with Crippen molar-refractivity contribution in [3.8, 4) is 17.2 Å². The number of rotatable bonds is 5. The number of carbonyl (C=O) groups is 1. The molecule has 0 aromatic heterocycles. The van der Waals surface area contributed by atoms with E-state index in [2.05, 4.69) is 4.74 Å². The van der Waals surface area contributed by atoms with E-state index in [-0.39, 0.29) is 0 Å². The van der Waals surface area contributed by atoms with Crippen molar-refractivity contribution < 1.29 is 23.7 Å². The van der Waals surface area contributed by atoms with Gasteiger partial charge in [0, 0.05) is 0 Å². The van der Waals surface area contributed by atoms with Crippen LogP contribution < -0.4 is 14.2 Å². The number of carbonyl (C=O) groups excluding carboxylic acids is 1. The lowest BCUT2D eigenvalue weighted by molar-refractivity contribution is 0.0600. The molecule has 0 N–H and O–H groups in total. The van der Waals surface area contributed by atoms with E-state index in [0.717, 1.165) is 0 Å². The molecule has 0 heterocycles. The van der Waals surface area contributed by atoms with E-state index in [4.69, 9.17) is 14.2 Å². The van der Waals surface area contributed by atoms with Crippen LogP contribution in [0.25, 0.3) is 0 Å². The highest BCUT2D eigenvalue weighted by Crippen LogP contribution is 2.38. The molecule has 5 heteroatoms. The van der Waals surface area contributed by atoms with Crippen LogP contribution in [0.3, 0.4) is 0 Å². The van der Waals surface area contributed by atoms with Gasteiger partial charge in [0.15, 0.2) is 11.5 Å². The van der Waals surface area contributed by atoms with Gasteiger partial charge >= 0.3 is 5.97 Å². The summed E-state index contributed by atoms with van der Waals surface area (Å²) in [6.45, 7) is 2.33. The summed E-state index contributed by atoms with van der Waals surface area (Å²) in [5.74, 6) is 0.896. The van der Waals surface area contributed by atoms with Gasteiger partial charge in [0.05, 0.1) is 33.5 Å². The lowest BCUT2D eigenvalue weighted by atomic mass is 10.2. The van der Waals surface area contributed by atoms with Crippen LogP contribution >= 0.6 is 0 Å². The molecule has 0 unspecified atom stereocenters. The molecule has 0 atom stereocenters.